The molecule has 1 amide bonds. The molecule has 0 radical (unpaired) electrons. The third-order valence-corrected chi connectivity index (χ3v) is 2.50. The number of carboxylic acid groups (broad SMARTS) is 1. The summed E-state index contributed by atoms with van der Waals surface area (Å²) in [7, 11) is 3.65. The average molecular weight is 260 g/mol. The molecule has 0 aromatic carbocycles. The standard InChI is InChI=1S/C12H24N2O4/c1-11(2,10(16)17)6-9(15)13-7-12(3,18)8-14(4)5/h18H,6-8H2,1-5H3,(H,13,15)(H,16,17). The van der Waals surface area contributed by atoms with Crippen molar-refractivity contribution in [3.8, 4) is 0 Å². The molecule has 1 atom stereocenters. The zero-order chi connectivity index (χ0) is 14.6. The maximum Gasteiger partial charge on any atom is 0.309 e. The van der Waals surface area contributed by atoms with Gasteiger partial charge in [0, 0.05) is 19.5 Å². The Bertz CT molecular complexity index is 311. The van der Waals surface area contributed by atoms with Crippen LogP contribution in [-0.2, 0) is 9.59 Å². The Morgan fingerprint density at radius 2 is 1.72 bits per heavy atom. The lowest BCUT2D eigenvalue weighted by atomic mass is 9.89. The van der Waals surface area contributed by atoms with Crippen LogP contribution in [0, 0.1) is 5.41 Å². The minimum Gasteiger partial charge on any atom is -0.481 e. The zero-order valence-corrected chi connectivity index (χ0v) is 11.8. The Kier molecular flexibility index (Phi) is 5.76. The number of carbonyl (C=O) groups is 2. The lowest BCUT2D eigenvalue weighted by Crippen LogP contribution is -2.47. The second-order valence-electron chi connectivity index (χ2n) is 5.88. The van der Waals surface area contributed by atoms with E-state index < -0.39 is 17.0 Å². The molecule has 0 bridgehead atoms. The molecule has 6 heteroatoms. The number of nitrogens with one attached hydrogen (secondary N) is 1. The molecule has 0 aliphatic rings. The molecule has 0 aromatic rings. The van der Waals surface area contributed by atoms with Crippen LogP contribution >= 0.6 is 0 Å². The molecule has 106 valence electrons. The number of nitrogens with zero attached hydrogens (tertiary/aromatic N) is 1. The van der Waals surface area contributed by atoms with Crippen LogP contribution < -0.4 is 5.32 Å². The molecular formula is C12H24N2O4. The van der Waals surface area contributed by atoms with Gasteiger partial charge in [0.15, 0.2) is 0 Å². The van der Waals surface area contributed by atoms with E-state index in [1.54, 1.807) is 6.92 Å². The molecule has 0 aliphatic heterocycles. The fourth-order valence-electron chi connectivity index (χ4n) is 1.57. The first-order valence-electron chi connectivity index (χ1n) is 5.83. The maximum atomic E-state index is 11.6. The van der Waals surface area contributed by atoms with Gasteiger partial charge in [0.25, 0.3) is 0 Å². The molecule has 1 unspecified atom stereocenters. The van der Waals surface area contributed by atoms with E-state index >= 15 is 0 Å². The first kappa shape index (κ1) is 16.9. The first-order valence-corrected chi connectivity index (χ1v) is 5.83. The highest BCUT2D eigenvalue weighted by Crippen LogP contribution is 2.20. The fraction of sp³-hybridized carbons (Fsp3) is 0.833. The van der Waals surface area contributed by atoms with Crippen LogP contribution in [0.5, 0.6) is 0 Å². The van der Waals surface area contributed by atoms with Gasteiger partial charge in [0.05, 0.1) is 11.0 Å². The molecule has 18 heavy (non-hydrogen) atoms. The topological polar surface area (TPSA) is 89.9 Å². The number of carbonyl (C=O) groups excluding carboxylic acids is 1. The predicted molar refractivity (Wildman–Crippen MR) is 68.2 cm³/mol. The van der Waals surface area contributed by atoms with Gasteiger partial charge in [0.2, 0.25) is 5.91 Å². The van der Waals surface area contributed by atoms with Crippen LogP contribution in [0.1, 0.15) is 27.2 Å². The average Bonchev–Trinajstić information content (AvgIpc) is 2.12. The van der Waals surface area contributed by atoms with Gasteiger partial charge >= 0.3 is 5.97 Å². The molecule has 6 nitrogen and oxygen atoms in total. The molecule has 0 aromatic heterocycles. The molecule has 0 heterocycles. The Morgan fingerprint density at radius 3 is 2.11 bits per heavy atom. The summed E-state index contributed by atoms with van der Waals surface area (Å²) in [6, 6.07) is 0. The number of aliphatic hydroxyl groups is 1. The van der Waals surface area contributed by atoms with Gasteiger partial charge in [-0.25, -0.2) is 0 Å². The van der Waals surface area contributed by atoms with Crippen molar-refractivity contribution in [2.24, 2.45) is 5.41 Å². The van der Waals surface area contributed by atoms with Gasteiger partial charge in [-0.3, -0.25) is 9.59 Å². The van der Waals surface area contributed by atoms with Crippen LogP contribution in [0.3, 0.4) is 0 Å². The number of carboxylic acids is 1. The highest BCUT2D eigenvalue weighted by Gasteiger charge is 2.31. The number of rotatable bonds is 7. The summed E-state index contributed by atoms with van der Waals surface area (Å²) in [4.78, 5) is 24.3. The van der Waals surface area contributed by atoms with Gasteiger partial charge in [-0.15, -0.1) is 0 Å². The normalized spacial score (nSPS) is 15.3. The van der Waals surface area contributed by atoms with Crippen LogP contribution in [0.2, 0.25) is 0 Å². The molecule has 0 rings (SSSR count). The Morgan fingerprint density at radius 1 is 1.22 bits per heavy atom. The van der Waals surface area contributed by atoms with Crippen LogP contribution in [-0.4, -0.2) is 59.8 Å². The number of likely N-dealkylation sites (N-methyl/N-ethyl adjacent to an activating group) is 1. The molecule has 0 saturated heterocycles. The molecule has 0 fully saturated rings. The summed E-state index contributed by atoms with van der Waals surface area (Å²) in [5, 5.41) is 21.4. The number of amides is 1. The lowest BCUT2D eigenvalue weighted by molar-refractivity contribution is -0.149. The third kappa shape index (κ3) is 6.56. The largest absolute Gasteiger partial charge is 0.481 e. The Balaban J connectivity index is 4.23. The lowest BCUT2D eigenvalue weighted by Gasteiger charge is -2.27. The van der Waals surface area contributed by atoms with Crippen molar-refractivity contribution in [2.45, 2.75) is 32.8 Å². The van der Waals surface area contributed by atoms with E-state index in [0.29, 0.717) is 6.54 Å². The Labute approximate surface area is 108 Å². The van der Waals surface area contributed by atoms with Gasteiger partial charge in [-0.1, -0.05) is 0 Å². The van der Waals surface area contributed by atoms with Crippen molar-refractivity contribution >= 4 is 11.9 Å². The van der Waals surface area contributed by atoms with Gasteiger partial charge < -0.3 is 20.4 Å². The van der Waals surface area contributed by atoms with E-state index in [1.165, 1.54) is 13.8 Å². The highest BCUT2D eigenvalue weighted by molar-refractivity contribution is 5.84. The van der Waals surface area contributed by atoms with Gasteiger partial charge in [0.1, 0.15) is 0 Å². The molecular weight excluding hydrogens is 236 g/mol. The smallest absolute Gasteiger partial charge is 0.309 e. The van der Waals surface area contributed by atoms with Crippen molar-refractivity contribution in [3.05, 3.63) is 0 Å². The van der Waals surface area contributed by atoms with E-state index in [0.717, 1.165) is 0 Å². The van der Waals surface area contributed by atoms with E-state index in [9.17, 15) is 14.7 Å². The summed E-state index contributed by atoms with van der Waals surface area (Å²) in [5.41, 5.74) is -2.13. The van der Waals surface area contributed by atoms with E-state index in [4.69, 9.17) is 5.11 Å². The molecule has 0 saturated carbocycles. The summed E-state index contributed by atoms with van der Waals surface area (Å²) in [6.45, 7) is 5.12. The minimum absolute atomic E-state index is 0.0969. The van der Waals surface area contributed by atoms with Crippen molar-refractivity contribution < 1.29 is 19.8 Å². The predicted octanol–water partition coefficient (Wildman–Crippen LogP) is -0.0839. The zero-order valence-electron chi connectivity index (χ0n) is 11.8. The summed E-state index contributed by atoms with van der Waals surface area (Å²) in [5.74, 6) is -1.39. The van der Waals surface area contributed by atoms with Crippen LogP contribution in [0.4, 0.5) is 0 Å². The first-order chi connectivity index (χ1) is 7.96. The van der Waals surface area contributed by atoms with Crippen molar-refractivity contribution in [2.75, 3.05) is 27.2 Å². The molecule has 0 spiro atoms. The van der Waals surface area contributed by atoms with Crippen LogP contribution in [0.25, 0.3) is 0 Å². The second kappa shape index (κ2) is 6.15. The van der Waals surface area contributed by atoms with Crippen molar-refractivity contribution in [3.63, 3.8) is 0 Å². The number of hydrogen-bond acceptors (Lipinski definition) is 4. The summed E-state index contributed by atoms with van der Waals surface area (Å²) < 4.78 is 0. The van der Waals surface area contributed by atoms with Crippen LogP contribution in [0.15, 0.2) is 0 Å². The Hall–Kier alpha value is -1.14. The number of hydrogen-bond donors (Lipinski definition) is 3. The SMILES string of the molecule is CN(C)CC(C)(O)CNC(=O)CC(C)(C)C(=O)O. The quantitative estimate of drug-likeness (QED) is 0.595. The molecule has 3 N–H and O–H groups in total. The highest BCUT2D eigenvalue weighted by atomic mass is 16.4. The minimum atomic E-state index is -1.10. The van der Waals surface area contributed by atoms with E-state index in [2.05, 4.69) is 5.32 Å². The maximum absolute atomic E-state index is 11.6. The second-order valence-corrected chi connectivity index (χ2v) is 5.88. The third-order valence-electron chi connectivity index (χ3n) is 2.50. The van der Waals surface area contributed by atoms with Crippen molar-refractivity contribution in [1.82, 2.24) is 10.2 Å². The van der Waals surface area contributed by atoms with Gasteiger partial charge in [-0.05, 0) is 34.9 Å². The van der Waals surface area contributed by atoms with E-state index in [1.807, 2.05) is 19.0 Å². The monoisotopic (exact) mass is 260 g/mol. The van der Waals surface area contributed by atoms with E-state index in [-0.39, 0.29) is 18.9 Å². The summed E-state index contributed by atoms with van der Waals surface area (Å²) in [6.07, 6.45) is -0.111. The summed E-state index contributed by atoms with van der Waals surface area (Å²) >= 11 is 0. The van der Waals surface area contributed by atoms with Crippen molar-refractivity contribution in [1.29, 1.82) is 0 Å². The fourth-order valence-corrected chi connectivity index (χ4v) is 1.57. The number of aliphatic carboxylic acids is 1. The van der Waals surface area contributed by atoms with Gasteiger partial charge in [-0.2, -0.15) is 0 Å². The molecule has 0 aliphatic carbocycles.